The van der Waals surface area contributed by atoms with Crippen LogP contribution in [0.1, 0.15) is 15.9 Å². The highest BCUT2D eigenvalue weighted by Crippen LogP contribution is 2.23. The monoisotopic (exact) mass is 474 g/mol. The molecule has 0 saturated heterocycles. The summed E-state index contributed by atoms with van der Waals surface area (Å²) >= 11 is 6.28. The van der Waals surface area contributed by atoms with Crippen LogP contribution in [-0.2, 0) is 6.54 Å². The quantitative estimate of drug-likeness (QED) is 0.336. The van der Waals surface area contributed by atoms with E-state index in [1.165, 1.54) is 10.8 Å². The van der Waals surface area contributed by atoms with Gasteiger partial charge in [0.1, 0.15) is 11.5 Å². The van der Waals surface area contributed by atoms with Crippen molar-refractivity contribution in [3.63, 3.8) is 0 Å². The number of nitrogens with one attached hydrogen (secondary N) is 1. The first-order chi connectivity index (χ1) is 16.6. The lowest BCUT2D eigenvalue weighted by molar-refractivity contribution is 0.0957. The smallest absolute Gasteiger partial charge is 0.274 e. The molecule has 3 aromatic carbocycles. The van der Waals surface area contributed by atoms with Crippen molar-refractivity contribution in [3.8, 4) is 22.9 Å². The maximum atomic E-state index is 13.0. The summed E-state index contributed by atoms with van der Waals surface area (Å²) in [4.78, 5) is 17.6. The lowest BCUT2D eigenvalue weighted by Gasteiger charge is -2.07. The summed E-state index contributed by atoms with van der Waals surface area (Å²) in [7, 11) is 3.21. The molecule has 34 heavy (non-hydrogen) atoms. The van der Waals surface area contributed by atoms with Crippen molar-refractivity contribution >= 4 is 29.5 Å². The first-order valence-electron chi connectivity index (χ1n) is 10.5. The number of halogens is 1. The van der Waals surface area contributed by atoms with Crippen LogP contribution in [0.15, 0.2) is 78.9 Å². The van der Waals surface area contributed by atoms with E-state index in [0.717, 1.165) is 28.2 Å². The van der Waals surface area contributed by atoms with Gasteiger partial charge in [-0.2, -0.15) is 9.67 Å². The van der Waals surface area contributed by atoms with Crippen molar-refractivity contribution in [2.45, 2.75) is 6.54 Å². The number of benzene rings is 3. The molecule has 172 valence electrons. The largest absolute Gasteiger partial charge is 0.497 e. The lowest BCUT2D eigenvalue weighted by Crippen LogP contribution is -2.14. The number of rotatable bonds is 8. The van der Waals surface area contributed by atoms with E-state index in [-0.39, 0.29) is 5.91 Å². The maximum absolute atomic E-state index is 13.0. The molecule has 0 fully saturated rings. The molecule has 0 spiro atoms. The zero-order valence-electron chi connectivity index (χ0n) is 18.7. The lowest BCUT2D eigenvalue weighted by atomic mass is 10.2. The summed E-state index contributed by atoms with van der Waals surface area (Å²) in [6.07, 6.45) is 3.17. The van der Waals surface area contributed by atoms with Crippen LogP contribution in [0.5, 0.6) is 11.5 Å². The van der Waals surface area contributed by atoms with E-state index in [1.807, 2.05) is 72.8 Å². The number of hydrogen-bond donors (Lipinski definition) is 1. The second-order valence-electron chi connectivity index (χ2n) is 7.29. The number of hydrogen-bond acceptors (Lipinski definition) is 6. The third-order valence-electron chi connectivity index (χ3n) is 5.09. The first-order valence-corrected chi connectivity index (χ1v) is 10.9. The van der Waals surface area contributed by atoms with Crippen molar-refractivity contribution in [1.29, 1.82) is 0 Å². The average molecular weight is 475 g/mol. The van der Waals surface area contributed by atoms with E-state index in [1.54, 1.807) is 20.3 Å². The van der Waals surface area contributed by atoms with E-state index in [4.69, 9.17) is 21.1 Å². The average Bonchev–Trinajstić information content (AvgIpc) is 3.31. The van der Waals surface area contributed by atoms with Crippen LogP contribution in [0.2, 0.25) is 5.02 Å². The Kier molecular flexibility index (Phi) is 7.25. The summed E-state index contributed by atoms with van der Waals surface area (Å²) in [5.41, 5.74) is 2.49. The molecule has 0 aliphatic carbocycles. The molecule has 1 aromatic heterocycles. The number of allylic oxidation sites excluding steroid dienone is 1. The number of anilines is 1. The summed E-state index contributed by atoms with van der Waals surface area (Å²) < 4.78 is 11.6. The van der Waals surface area contributed by atoms with Crippen LogP contribution in [0.4, 0.5) is 5.95 Å². The topological polar surface area (TPSA) is 78.3 Å². The first kappa shape index (κ1) is 23.1. The van der Waals surface area contributed by atoms with Crippen LogP contribution in [0.3, 0.4) is 0 Å². The molecule has 1 heterocycles. The van der Waals surface area contributed by atoms with Gasteiger partial charge in [0.25, 0.3) is 5.91 Å². The van der Waals surface area contributed by atoms with Crippen LogP contribution in [-0.4, -0.2) is 34.9 Å². The van der Waals surface area contributed by atoms with Crippen molar-refractivity contribution < 1.29 is 14.3 Å². The Morgan fingerprint density at radius 3 is 2.26 bits per heavy atom. The second kappa shape index (κ2) is 10.7. The summed E-state index contributed by atoms with van der Waals surface area (Å²) in [5, 5.41) is 8.27. The molecule has 1 N–H and O–H groups in total. The van der Waals surface area contributed by atoms with Gasteiger partial charge >= 0.3 is 0 Å². The van der Waals surface area contributed by atoms with Gasteiger partial charge in [-0.05, 0) is 59.7 Å². The highest BCUT2D eigenvalue weighted by Gasteiger charge is 2.16. The summed E-state index contributed by atoms with van der Waals surface area (Å²) in [6.45, 7) is 0.385. The van der Waals surface area contributed by atoms with Crippen LogP contribution in [0.25, 0.3) is 17.5 Å². The molecule has 0 saturated carbocycles. The molecule has 8 heteroatoms. The molecule has 0 atom stereocenters. The van der Waals surface area contributed by atoms with Crippen molar-refractivity contribution in [2.24, 2.45) is 0 Å². The predicted octanol–water partition coefficient (Wildman–Crippen LogP) is 5.58. The molecular formula is C26H23ClN4O3. The van der Waals surface area contributed by atoms with Gasteiger partial charge in [-0.25, -0.2) is 0 Å². The van der Waals surface area contributed by atoms with Gasteiger partial charge in [0.05, 0.1) is 14.2 Å². The van der Waals surface area contributed by atoms with E-state index < -0.39 is 0 Å². The zero-order valence-corrected chi connectivity index (χ0v) is 19.5. The number of ether oxygens (including phenoxy) is 2. The van der Waals surface area contributed by atoms with Gasteiger partial charge in [-0.15, -0.1) is 5.10 Å². The molecule has 0 unspecified atom stereocenters. The molecule has 4 rings (SSSR count). The van der Waals surface area contributed by atoms with Gasteiger partial charge in [0.15, 0.2) is 5.82 Å². The van der Waals surface area contributed by atoms with Crippen molar-refractivity contribution in [3.05, 3.63) is 95.0 Å². The molecule has 0 bridgehead atoms. The van der Waals surface area contributed by atoms with E-state index in [9.17, 15) is 4.79 Å². The summed E-state index contributed by atoms with van der Waals surface area (Å²) in [5.74, 6) is 1.85. The Labute approximate surface area is 202 Å². The molecule has 0 aliphatic heterocycles. The van der Waals surface area contributed by atoms with Crippen molar-refractivity contribution in [1.82, 2.24) is 14.8 Å². The number of carbonyl (C=O) groups excluding carboxylic acids is 1. The number of methoxy groups -OCH3 is 2. The fourth-order valence-electron chi connectivity index (χ4n) is 3.21. The zero-order chi connectivity index (χ0) is 23.9. The van der Waals surface area contributed by atoms with E-state index >= 15 is 0 Å². The highest BCUT2D eigenvalue weighted by molar-refractivity contribution is 6.31. The molecule has 0 aliphatic rings. The Morgan fingerprint density at radius 1 is 0.971 bits per heavy atom. The van der Waals surface area contributed by atoms with Gasteiger partial charge in [-0.3, -0.25) is 4.79 Å². The van der Waals surface area contributed by atoms with Crippen LogP contribution in [0, 0.1) is 0 Å². The van der Waals surface area contributed by atoms with Crippen LogP contribution < -0.4 is 14.8 Å². The standard InChI is InChI=1S/C26H23ClN4O3/c1-33-21-12-7-18(8-13-21)9-16-24(32)31-26(28-17-20-5-3-4-6-23(20)27)29-25(30-31)19-10-14-22(34-2)15-11-19/h3-16H,17H2,1-2H3,(H,28,29,30). The normalized spacial score (nSPS) is 10.9. The van der Waals surface area contributed by atoms with Gasteiger partial charge in [0, 0.05) is 23.2 Å². The van der Waals surface area contributed by atoms with Crippen molar-refractivity contribution in [2.75, 3.05) is 19.5 Å². The molecule has 0 radical (unpaired) electrons. The number of carbonyl (C=O) groups is 1. The van der Waals surface area contributed by atoms with Crippen LogP contribution >= 0.6 is 11.6 Å². The number of aromatic nitrogens is 3. The third kappa shape index (κ3) is 5.44. The van der Waals surface area contributed by atoms with Gasteiger partial charge in [0.2, 0.25) is 5.95 Å². The van der Waals surface area contributed by atoms with E-state index in [2.05, 4.69) is 15.4 Å². The fourth-order valence-corrected chi connectivity index (χ4v) is 3.41. The van der Waals surface area contributed by atoms with Gasteiger partial charge in [-0.1, -0.05) is 41.9 Å². The minimum absolute atomic E-state index is 0.315. The molecular weight excluding hydrogens is 452 g/mol. The Hall–Kier alpha value is -4.10. The highest BCUT2D eigenvalue weighted by atomic mass is 35.5. The minimum atomic E-state index is -0.343. The molecule has 7 nitrogen and oxygen atoms in total. The Balaban J connectivity index is 1.62. The Bertz CT molecular complexity index is 1300. The minimum Gasteiger partial charge on any atom is -0.497 e. The Morgan fingerprint density at radius 2 is 1.62 bits per heavy atom. The van der Waals surface area contributed by atoms with Gasteiger partial charge < -0.3 is 14.8 Å². The third-order valence-corrected chi connectivity index (χ3v) is 5.46. The van der Waals surface area contributed by atoms with E-state index in [0.29, 0.717) is 23.3 Å². The molecule has 4 aromatic rings. The molecule has 0 amide bonds. The second-order valence-corrected chi connectivity index (χ2v) is 7.70. The predicted molar refractivity (Wildman–Crippen MR) is 133 cm³/mol. The number of nitrogens with zero attached hydrogens (tertiary/aromatic N) is 3. The SMILES string of the molecule is COc1ccc(C=CC(=O)n2nc(-c3ccc(OC)cc3)nc2NCc2ccccc2Cl)cc1. The maximum Gasteiger partial charge on any atom is 0.274 e. The fraction of sp³-hybridized carbons (Fsp3) is 0.115. The summed E-state index contributed by atoms with van der Waals surface area (Å²) in [6, 6.07) is 22.2.